The molecule has 3 rings (SSSR count). The van der Waals surface area contributed by atoms with Crippen LogP contribution in [-0.4, -0.2) is 17.6 Å². The highest BCUT2D eigenvalue weighted by molar-refractivity contribution is 5.72. The molecule has 0 radical (unpaired) electrons. The lowest BCUT2D eigenvalue weighted by molar-refractivity contribution is -0.690. The zero-order chi connectivity index (χ0) is 14.1. The third-order valence-corrected chi connectivity index (χ3v) is 3.71. The molecule has 5 nitrogen and oxygen atoms in total. The molecule has 0 aliphatic carbocycles. The van der Waals surface area contributed by atoms with Gasteiger partial charge in [-0.2, -0.15) is 0 Å². The van der Waals surface area contributed by atoms with Crippen molar-refractivity contribution in [2.75, 3.05) is 7.11 Å². The van der Waals surface area contributed by atoms with Crippen LogP contribution >= 0.6 is 0 Å². The Kier molecular flexibility index (Phi) is 4.53. The summed E-state index contributed by atoms with van der Waals surface area (Å²) in [4.78, 5) is 11.2. The topological polar surface area (TPSA) is 61.1 Å². The van der Waals surface area contributed by atoms with Crippen molar-refractivity contribution in [1.82, 2.24) is 4.57 Å². The maximum absolute atomic E-state index is 11.2. The Bertz CT molecular complexity index is 650. The van der Waals surface area contributed by atoms with Gasteiger partial charge in [-0.3, -0.25) is 4.79 Å². The highest BCUT2D eigenvalue weighted by atomic mass is 35.5. The summed E-state index contributed by atoms with van der Waals surface area (Å²) in [6.07, 6.45) is 4.11. The minimum absolute atomic E-state index is 0. The molecule has 0 saturated carbocycles. The van der Waals surface area contributed by atoms with E-state index in [0.29, 0.717) is 0 Å². The lowest BCUT2D eigenvalue weighted by atomic mass is 10.1. The number of methoxy groups -OCH3 is 1. The number of primary amides is 1. The molecule has 21 heavy (non-hydrogen) atoms. The third-order valence-electron chi connectivity index (χ3n) is 3.71. The van der Waals surface area contributed by atoms with Gasteiger partial charge in [0, 0.05) is 5.56 Å². The van der Waals surface area contributed by atoms with E-state index in [2.05, 4.69) is 4.57 Å². The summed E-state index contributed by atoms with van der Waals surface area (Å²) in [5, 5.41) is 0. The average molecular weight is 308 g/mol. The number of nitrogens with zero attached hydrogens (tertiary/aromatic N) is 2. The fraction of sp³-hybridized carbons (Fsp3) is 0.333. The summed E-state index contributed by atoms with van der Waals surface area (Å²) in [7, 11) is 1.66. The third kappa shape index (κ3) is 2.88. The van der Waals surface area contributed by atoms with Crippen molar-refractivity contribution in [2.24, 2.45) is 5.73 Å². The van der Waals surface area contributed by atoms with Gasteiger partial charge >= 0.3 is 0 Å². The van der Waals surface area contributed by atoms with Crippen molar-refractivity contribution in [3.05, 3.63) is 36.3 Å². The second-order valence-electron chi connectivity index (χ2n) is 5.01. The van der Waals surface area contributed by atoms with Crippen LogP contribution in [0, 0.1) is 0 Å². The monoisotopic (exact) mass is 307 g/mol. The molecule has 2 N–H and O–H groups in total. The molecule has 1 aliphatic rings. The Hall–Kier alpha value is -2.01. The predicted octanol–water partition coefficient (Wildman–Crippen LogP) is -2.11. The normalized spacial score (nSPS) is 12.6. The molecule has 0 spiro atoms. The summed E-state index contributed by atoms with van der Waals surface area (Å²) in [5.74, 6) is 1.71. The number of rotatable bonds is 4. The number of fused-ring (bicyclic) bond motifs is 1. The summed E-state index contributed by atoms with van der Waals surface area (Å²) >= 11 is 0. The molecule has 6 heteroatoms. The van der Waals surface area contributed by atoms with E-state index in [-0.39, 0.29) is 24.9 Å². The lowest BCUT2D eigenvalue weighted by Gasteiger charge is -2.01. The molecule has 2 aromatic rings. The maximum atomic E-state index is 11.2. The number of nitrogens with two attached hydrogens (primary N) is 1. The van der Waals surface area contributed by atoms with Crippen LogP contribution in [0.15, 0.2) is 30.5 Å². The molecule has 1 aliphatic heterocycles. The molecule has 0 fully saturated rings. The molecule has 0 bridgehead atoms. The van der Waals surface area contributed by atoms with Crippen LogP contribution < -0.4 is 27.4 Å². The zero-order valence-electron chi connectivity index (χ0n) is 11.9. The van der Waals surface area contributed by atoms with Crippen molar-refractivity contribution in [3.8, 4) is 17.0 Å². The Morgan fingerprint density at radius 1 is 1.38 bits per heavy atom. The standard InChI is InChI=1S/C15H17N3O2.ClH/c1-20-12-6-4-11(5-7-12)13-9-17(10-14(16)19)15-3-2-8-18(13)15;/h4-7,9H,2-3,8,10H2,1H3,(H-,16,19);1H. The molecule has 112 valence electrons. The number of hydrogen-bond donors (Lipinski definition) is 1. The van der Waals surface area contributed by atoms with Gasteiger partial charge in [0.25, 0.3) is 11.7 Å². The minimum Gasteiger partial charge on any atom is -1.00 e. The number of hydrogen-bond acceptors (Lipinski definition) is 2. The number of halogens is 1. The molecule has 0 saturated heterocycles. The Morgan fingerprint density at radius 3 is 2.71 bits per heavy atom. The highest BCUT2D eigenvalue weighted by Crippen LogP contribution is 2.26. The van der Waals surface area contributed by atoms with Crippen molar-refractivity contribution in [3.63, 3.8) is 0 Å². The van der Waals surface area contributed by atoms with Crippen molar-refractivity contribution in [2.45, 2.75) is 25.9 Å². The molecular formula is C15H18ClN3O2. The van der Waals surface area contributed by atoms with E-state index in [9.17, 15) is 4.79 Å². The molecule has 1 aromatic heterocycles. The summed E-state index contributed by atoms with van der Waals surface area (Å²) in [6, 6.07) is 7.97. The van der Waals surface area contributed by atoms with Gasteiger partial charge in [0.15, 0.2) is 12.2 Å². The van der Waals surface area contributed by atoms with E-state index in [1.807, 2.05) is 35.0 Å². The largest absolute Gasteiger partial charge is 1.00 e. The van der Waals surface area contributed by atoms with Crippen LogP contribution in [0.1, 0.15) is 12.2 Å². The number of ether oxygens (including phenoxy) is 1. The van der Waals surface area contributed by atoms with E-state index >= 15 is 0 Å². The first-order valence-corrected chi connectivity index (χ1v) is 6.73. The van der Waals surface area contributed by atoms with E-state index in [1.165, 1.54) is 5.82 Å². The fourth-order valence-electron chi connectivity index (χ4n) is 2.81. The number of carbonyl (C=O) groups is 1. The molecule has 2 heterocycles. The first-order chi connectivity index (χ1) is 9.69. The fourth-order valence-corrected chi connectivity index (χ4v) is 2.81. The SMILES string of the molecule is COc1ccc(-c2c[n+](CC(N)=O)c3n2CCC3)cc1.[Cl-]. The van der Waals surface area contributed by atoms with Gasteiger partial charge in [-0.1, -0.05) is 0 Å². The molecule has 1 amide bonds. The van der Waals surface area contributed by atoms with E-state index in [0.717, 1.165) is 36.4 Å². The predicted molar refractivity (Wildman–Crippen MR) is 74.1 cm³/mol. The average Bonchev–Trinajstić information content (AvgIpc) is 3.02. The van der Waals surface area contributed by atoms with Crippen LogP contribution in [0.3, 0.4) is 0 Å². The van der Waals surface area contributed by atoms with Gasteiger partial charge in [0.1, 0.15) is 11.9 Å². The van der Waals surface area contributed by atoms with Gasteiger partial charge in [-0.15, -0.1) is 0 Å². The van der Waals surface area contributed by atoms with Crippen LogP contribution in [0.25, 0.3) is 11.3 Å². The van der Waals surface area contributed by atoms with Crippen LogP contribution in [-0.2, 0) is 24.3 Å². The summed E-state index contributed by atoms with van der Waals surface area (Å²) < 4.78 is 9.42. The Balaban J connectivity index is 0.00000161. The lowest BCUT2D eigenvalue weighted by Crippen LogP contribution is -3.00. The van der Waals surface area contributed by atoms with Crippen molar-refractivity contribution >= 4 is 5.91 Å². The van der Waals surface area contributed by atoms with Gasteiger partial charge in [-0.25, -0.2) is 9.13 Å². The summed E-state index contributed by atoms with van der Waals surface area (Å²) in [5.41, 5.74) is 7.57. The smallest absolute Gasteiger partial charge is 0.259 e. The Morgan fingerprint density at radius 2 is 2.10 bits per heavy atom. The highest BCUT2D eigenvalue weighted by Gasteiger charge is 2.29. The molecule has 0 atom stereocenters. The number of aromatic nitrogens is 2. The van der Waals surface area contributed by atoms with E-state index in [1.54, 1.807) is 7.11 Å². The number of imidazole rings is 1. The number of benzene rings is 1. The maximum Gasteiger partial charge on any atom is 0.259 e. The van der Waals surface area contributed by atoms with Crippen LogP contribution in [0.2, 0.25) is 0 Å². The number of amides is 1. The minimum atomic E-state index is -0.309. The number of carbonyl (C=O) groups excluding carboxylic acids is 1. The second kappa shape index (κ2) is 6.18. The quantitative estimate of drug-likeness (QED) is 0.657. The van der Waals surface area contributed by atoms with E-state index < -0.39 is 0 Å². The van der Waals surface area contributed by atoms with Gasteiger partial charge in [-0.05, 0) is 30.7 Å². The van der Waals surface area contributed by atoms with Crippen molar-refractivity contribution in [1.29, 1.82) is 0 Å². The zero-order valence-corrected chi connectivity index (χ0v) is 12.6. The van der Waals surface area contributed by atoms with Crippen LogP contribution in [0.4, 0.5) is 0 Å². The first kappa shape index (κ1) is 15.4. The Labute approximate surface area is 129 Å². The second-order valence-corrected chi connectivity index (χ2v) is 5.01. The van der Waals surface area contributed by atoms with Gasteiger partial charge in [0.2, 0.25) is 0 Å². The first-order valence-electron chi connectivity index (χ1n) is 6.73. The van der Waals surface area contributed by atoms with Gasteiger partial charge in [0.05, 0.1) is 20.1 Å². The van der Waals surface area contributed by atoms with E-state index in [4.69, 9.17) is 10.5 Å². The van der Waals surface area contributed by atoms with Crippen LogP contribution in [0.5, 0.6) is 5.75 Å². The van der Waals surface area contributed by atoms with Gasteiger partial charge < -0.3 is 22.9 Å². The molecule has 1 aromatic carbocycles. The molecule has 0 unspecified atom stereocenters. The summed E-state index contributed by atoms with van der Waals surface area (Å²) in [6.45, 7) is 1.23. The van der Waals surface area contributed by atoms with Crippen molar-refractivity contribution < 1.29 is 26.5 Å². The molecular weight excluding hydrogens is 290 g/mol.